The van der Waals surface area contributed by atoms with Crippen molar-refractivity contribution in [2.45, 2.75) is 18.8 Å². The van der Waals surface area contributed by atoms with Gasteiger partial charge in [0.25, 0.3) is 5.91 Å². The van der Waals surface area contributed by atoms with Crippen LogP contribution in [0.2, 0.25) is 0 Å². The van der Waals surface area contributed by atoms with Gasteiger partial charge in [0.15, 0.2) is 11.5 Å². The molecule has 0 bridgehead atoms. The van der Waals surface area contributed by atoms with Gasteiger partial charge in [-0.25, -0.2) is 4.98 Å². The minimum atomic E-state index is -3.32. The minimum absolute atomic E-state index is 0.308. The third-order valence-corrected chi connectivity index (χ3v) is 3.81. The van der Waals surface area contributed by atoms with Crippen molar-refractivity contribution in [1.29, 1.82) is 0 Å². The topological polar surface area (TPSA) is 103 Å². The summed E-state index contributed by atoms with van der Waals surface area (Å²) in [6, 6.07) is -1.91. The Balaban J connectivity index is 1.82. The number of carbonyl (C=O) groups excluding carboxylic acids is 1. The van der Waals surface area contributed by atoms with Gasteiger partial charge in [-0.15, -0.1) is 0 Å². The van der Waals surface area contributed by atoms with Gasteiger partial charge in [0.05, 0.1) is 38.8 Å². The zero-order valence-corrected chi connectivity index (χ0v) is 14.0. The maximum atomic E-state index is 13.3. The van der Waals surface area contributed by atoms with E-state index in [0.29, 0.717) is 9.80 Å². The molecule has 0 radical (unpaired) electrons. The van der Waals surface area contributed by atoms with Crippen LogP contribution in [0.1, 0.15) is 37.4 Å². The number of anilines is 2. The van der Waals surface area contributed by atoms with Gasteiger partial charge < -0.3 is 29.7 Å². The highest BCUT2D eigenvalue weighted by molar-refractivity contribution is 5.91. The number of methoxy groups -OCH3 is 2. The first kappa shape index (κ1) is 6.91. The first-order valence-corrected chi connectivity index (χ1v) is 7.70. The highest BCUT2D eigenvalue weighted by Crippen LogP contribution is 2.34. The normalized spacial score (nSPS) is 39.2. The highest BCUT2D eigenvalue weighted by Gasteiger charge is 2.31. The molecule has 150 valence electrons. The summed E-state index contributed by atoms with van der Waals surface area (Å²) in [6.45, 7) is -11.3. The Hall–Kier alpha value is -2.81. The van der Waals surface area contributed by atoms with Crippen molar-refractivity contribution < 1.29 is 43.7 Å². The average Bonchev–Trinajstić information content (AvgIpc) is 2.96. The number of ether oxygens (including phenoxy) is 3. The van der Waals surface area contributed by atoms with Crippen LogP contribution in [0.5, 0.6) is 11.5 Å². The summed E-state index contributed by atoms with van der Waals surface area (Å²) in [5, 5.41) is -0.551. The second kappa shape index (κ2) is 7.67. The van der Waals surface area contributed by atoms with Gasteiger partial charge in [-0.1, -0.05) is 0 Å². The van der Waals surface area contributed by atoms with Crippen molar-refractivity contribution in [1.82, 2.24) is 14.9 Å². The summed E-state index contributed by atoms with van der Waals surface area (Å²) in [7, 11) is -6.55. The molecule has 3 heterocycles. The molecule has 0 aliphatic carbocycles. The van der Waals surface area contributed by atoms with Crippen LogP contribution in [0.25, 0.3) is 10.9 Å². The van der Waals surface area contributed by atoms with Crippen LogP contribution < -0.4 is 20.1 Å². The Morgan fingerprint density at radius 1 is 1.32 bits per heavy atom. The zero-order valence-electron chi connectivity index (χ0n) is 32.0. The van der Waals surface area contributed by atoms with Gasteiger partial charge in [0.2, 0.25) is 5.95 Å². The molecule has 28 heavy (non-hydrogen) atoms. The smallest absolute Gasteiger partial charge is 0.251 e. The lowest BCUT2D eigenvalue weighted by Crippen LogP contribution is -2.51. The number of nitrogen functional groups attached to an aromatic ring is 1. The highest BCUT2D eigenvalue weighted by atomic mass is 16.5. The van der Waals surface area contributed by atoms with Gasteiger partial charge in [-0.2, -0.15) is 4.98 Å². The van der Waals surface area contributed by atoms with E-state index in [0.717, 1.165) is 0 Å². The van der Waals surface area contributed by atoms with Crippen LogP contribution in [0.4, 0.5) is 11.8 Å². The maximum absolute atomic E-state index is 13.3. The number of hydrogen-bond donors (Lipinski definition) is 1. The van der Waals surface area contributed by atoms with E-state index in [1.54, 1.807) is 0 Å². The lowest BCUT2D eigenvalue weighted by Gasteiger charge is -2.35. The second-order valence-electron chi connectivity index (χ2n) is 5.46. The summed E-state index contributed by atoms with van der Waals surface area (Å²) < 4.78 is 157. The maximum Gasteiger partial charge on any atom is 0.251 e. The number of aromatic nitrogens is 2. The van der Waals surface area contributed by atoms with Crippen LogP contribution in [-0.4, -0.2) is 73.6 Å². The largest absolute Gasteiger partial charge is 0.493 e. The average molecular weight is 406 g/mol. The summed E-state index contributed by atoms with van der Waals surface area (Å²) in [5.74, 6) is -5.12. The summed E-state index contributed by atoms with van der Waals surface area (Å²) in [6.07, 6.45) is -9.00. The predicted molar refractivity (Wildman–Crippen MR) is 105 cm³/mol. The molecule has 4 rings (SSSR count). The predicted octanol–water partition coefficient (Wildman–Crippen LogP) is 1.06. The van der Waals surface area contributed by atoms with Crippen molar-refractivity contribution in [3.8, 4) is 11.5 Å². The number of nitrogens with zero attached hydrogens (tertiary/aromatic N) is 4. The number of fused-ring (bicyclic) bond motifs is 1. The molecular formula is C19H25N5O4. The number of hydrogen-bond acceptors (Lipinski definition) is 8. The number of benzene rings is 1. The van der Waals surface area contributed by atoms with Crippen molar-refractivity contribution in [2.75, 3.05) is 57.4 Å². The molecule has 2 aliphatic heterocycles. The lowest BCUT2D eigenvalue weighted by atomic mass is 10.2. The molecule has 0 spiro atoms. The fourth-order valence-corrected chi connectivity index (χ4v) is 2.47. The third-order valence-electron chi connectivity index (χ3n) is 3.81. The molecular weight excluding hydrogens is 362 g/mol. The van der Waals surface area contributed by atoms with E-state index in [1.807, 2.05) is 0 Å². The first-order valence-electron chi connectivity index (χ1n) is 16.7. The van der Waals surface area contributed by atoms with Crippen LogP contribution >= 0.6 is 0 Å². The number of rotatable bonds is 4. The monoisotopic (exact) mass is 405 g/mol. The van der Waals surface area contributed by atoms with E-state index >= 15 is 0 Å². The molecule has 9 heteroatoms. The van der Waals surface area contributed by atoms with Crippen LogP contribution in [0.15, 0.2) is 12.1 Å². The van der Waals surface area contributed by atoms with Gasteiger partial charge in [0, 0.05) is 49.6 Å². The molecule has 2 aliphatic rings. The molecule has 9 nitrogen and oxygen atoms in total. The zero-order chi connectivity index (χ0) is 35.4. The van der Waals surface area contributed by atoms with Crippen molar-refractivity contribution in [2.24, 2.45) is 0 Å². The quantitative estimate of drug-likeness (QED) is 0.805. The van der Waals surface area contributed by atoms with Crippen LogP contribution in [0.3, 0.4) is 0 Å². The minimum Gasteiger partial charge on any atom is -0.493 e. The fourth-order valence-electron chi connectivity index (χ4n) is 2.47. The molecule has 2 fully saturated rings. The molecule has 1 aromatic heterocycles. The summed E-state index contributed by atoms with van der Waals surface area (Å²) in [4.78, 5) is 21.8. The Morgan fingerprint density at radius 3 is 2.75 bits per heavy atom. The third kappa shape index (κ3) is 3.37. The molecule has 2 saturated heterocycles. The number of nitrogens with two attached hydrogens (primary N) is 1. The SMILES string of the molecule is [2H]c1c(OC([2H])([2H])[2H])c(OC([2H])([2H])[2H])c([2H])c2c(N)nc(N3C([2H])([2H])CN(C(=O)C4OC([2H])([2H])C([2H])([2H])C4([2H])[2H])CC3([2H])[2H])nc12. The van der Waals surface area contributed by atoms with Crippen molar-refractivity contribution in [3.63, 3.8) is 0 Å². The molecule has 1 unspecified atom stereocenters. The van der Waals surface area contributed by atoms with Crippen molar-refractivity contribution in [3.05, 3.63) is 12.1 Å². The summed E-state index contributed by atoms with van der Waals surface area (Å²) >= 11 is 0. The molecule has 1 amide bonds. The van der Waals surface area contributed by atoms with Crippen molar-refractivity contribution >= 4 is 28.6 Å². The van der Waals surface area contributed by atoms with Gasteiger partial charge >= 0.3 is 0 Å². The molecule has 1 atom stereocenters. The Morgan fingerprint density at radius 2 is 2.07 bits per heavy atom. The second-order valence-corrected chi connectivity index (χ2v) is 5.46. The summed E-state index contributed by atoms with van der Waals surface area (Å²) in [5.41, 5.74) is 5.30. The Bertz CT molecular complexity index is 1560. The van der Waals surface area contributed by atoms with E-state index in [2.05, 4.69) is 9.97 Å². The molecule has 1 aromatic carbocycles. The molecule has 0 saturated carbocycles. The van der Waals surface area contributed by atoms with E-state index in [-0.39, 0.29) is 0 Å². The van der Waals surface area contributed by atoms with E-state index < -0.39 is 118 Å². The standard InChI is InChI=1S/C19H25N5O4/c1-26-15-10-12-13(11-16(15)27-2)21-19(22-17(12)20)24-7-5-23(6-8-24)18(25)14-4-3-9-28-14/h10-11,14H,3-9H2,1-2H3,(H2,20,21,22)/i1D3,2D3,3D2,4D2,7D2,8D2,9D2,10D,11D. The molecule has 2 N–H and O–H groups in total. The van der Waals surface area contributed by atoms with E-state index in [4.69, 9.17) is 44.6 Å². The van der Waals surface area contributed by atoms with Gasteiger partial charge in [0.1, 0.15) is 11.9 Å². The Labute approximate surface area is 188 Å². The van der Waals surface area contributed by atoms with E-state index in [9.17, 15) is 4.79 Å². The number of amides is 1. The van der Waals surface area contributed by atoms with Gasteiger partial charge in [-0.3, -0.25) is 4.79 Å². The first-order chi connectivity index (χ1) is 20.5. The van der Waals surface area contributed by atoms with Gasteiger partial charge in [-0.05, 0) is 18.8 Å². The van der Waals surface area contributed by atoms with Crippen LogP contribution in [0, 0.1) is 0 Å². The lowest BCUT2D eigenvalue weighted by molar-refractivity contribution is -0.141. The molecule has 2 aromatic rings. The van der Waals surface area contributed by atoms with Crippen LogP contribution in [-0.2, 0) is 9.53 Å². The number of piperazine rings is 1. The Kier molecular flexibility index (Phi) is 1.89. The number of carbonyl (C=O) groups is 1. The fraction of sp³-hybridized carbons (Fsp3) is 0.526. The van der Waals surface area contributed by atoms with E-state index in [1.165, 1.54) is 0 Å².